The lowest BCUT2D eigenvalue weighted by molar-refractivity contribution is -0.171. The van der Waals surface area contributed by atoms with Crippen molar-refractivity contribution >= 4 is 41.8 Å². The maximum Gasteiger partial charge on any atom is 0.312 e. The smallest absolute Gasteiger partial charge is 0.312 e. The maximum absolute atomic E-state index is 14.0. The van der Waals surface area contributed by atoms with Crippen LogP contribution in [-0.4, -0.2) is 36.0 Å². The molecule has 0 amide bonds. The highest BCUT2D eigenvalue weighted by molar-refractivity contribution is 7.07. The molecule has 44 heavy (non-hydrogen) atoms. The minimum Gasteiger partial charge on any atom is -0.460 e. The van der Waals surface area contributed by atoms with Crippen LogP contribution in [-0.2, 0) is 20.4 Å². The molecule has 2 aromatic heterocycles. The molecule has 2 aromatic carbocycles. The third-order valence-corrected chi connectivity index (χ3v) is 14.3. The van der Waals surface area contributed by atoms with Crippen molar-refractivity contribution < 1.29 is 14.0 Å². The molecular weight excluding hydrogens is 583 g/mol. The number of H-pyrrole nitrogens is 1. The number of thiazole rings is 1. The number of pyridine rings is 1. The lowest BCUT2D eigenvalue weighted by Crippen LogP contribution is -2.68. The molecule has 1 aliphatic rings. The van der Waals surface area contributed by atoms with E-state index in [4.69, 9.17) is 14.1 Å². The van der Waals surface area contributed by atoms with Crippen molar-refractivity contribution in [2.24, 2.45) is 10.4 Å². The molecule has 5 rings (SSSR count). The zero-order chi connectivity index (χ0) is 31.4. The van der Waals surface area contributed by atoms with Crippen molar-refractivity contribution in [1.29, 1.82) is 0 Å². The fourth-order valence-electron chi connectivity index (χ4n) is 6.42. The fraction of sp³-hybridized carbons (Fsp3) is 0.417. The number of nitrogens with one attached hydrogen (secondary N) is 1. The van der Waals surface area contributed by atoms with Gasteiger partial charge in [0.2, 0.25) is 0 Å². The van der Waals surface area contributed by atoms with Crippen LogP contribution in [0.1, 0.15) is 72.9 Å². The first-order chi connectivity index (χ1) is 20.9. The molecule has 2 heterocycles. The molecule has 0 spiro atoms. The Balaban J connectivity index is 1.45. The average molecular weight is 628 g/mol. The summed E-state index contributed by atoms with van der Waals surface area (Å²) in [5.74, 6) is 0.480. The standard InChI is InChI=1S/C36H45N3O3SSi/c1-34(2,3)41-32(40)36(26-27-14-13-19-31(38-27)39-33-37-24-25-43-33)22-20-28(21-23-36)42-44(35(4,5)6,29-15-9-7-10-16-29)30-17-11-8-12-18-30/h7-19,24-25,28H,20-23,26H2,1-6H3,(H,37,38,39)/t28-,36+. The quantitative estimate of drug-likeness (QED) is 0.167. The third-order valence-electron chi connectivity index (χ3n) is 8.46. The molecule has 1 aliphatic carbocycles. The number of rotatable bonds is 8. The summed E-state index contributed by atoms with van der Waals surface area (Å²) >= 11 is 1.53. The van der Waals surface area contributed by atoms with Gasteiger partial charge in [0.05, 0.1) is 5.41 Å². The summed E-state index contributed by atoms with van der Waals surface area (Å²) in [4.78, 5) is 27.4. The number of nitrogens with zero attached hydrogens (tertiary/aromatic N) is 2. The van der Waals surface area contributed by atoms with Gasteiger partial charge in [-0.3, -0.25) is 4.79 Å². The number of carbonyl (C=O) groups is 1. The number of carbonyl (C=O) groups excluding carboxylic acids is 1. The highest BCUT2D eigenvalue weighted by Gasteiger charge is 2.53. The van der Waals surface area contributed by atoms with Gasteiger partial charge in [0.15, 0.2) is 10.6 Å². The number of esters is 1. The Hall–Kier alpha value is -3.33. The van der Waals surface area contributed by atoms with E-state index >= 15 is 0 Å². The molecule has 0 saturated heterocycles. The van der Waals surface area contributed by atoms with Gasteiger partial charge in [-0.05, 0) is 74.0 Å². The van der Waals surface area contributed by atoms with Crippen LogP contribution in [0.15, 0.2) is 95.4 Å². The molecule has 8 heteroatoms. The second kappa shape index (κ2) is 13.0. The fourth-order valence-corrected chi connectivity index (χ4v) is 11.7. The normalized spacial score (nSPS) is 20.0. The van der Waals surface area contributed by atoms with Gasteiger partial charge in [-0.1, -0.05) is 87.5 Å². The number of aromatic amines is 1. The van der Waals surface area contributed by atoms with Gasteiger partial charge in [-0.25, -0.2) is 9.98 Å². The van der Waals surface area contributed by atoms with Crippen LogP contribution in [0.2, 0.25) is 5.04 Å². The van der Waals surface area contributed by atoms with Crippen molar-refractivity contribution in [1.82, 2.24) is 9.97 Å². The molecule has 6 nitrogen and oxygen atoms in total. The summed E-state index contributed by atoms with van der Waals surface area (Å²) in [5.41, 5.74) is -0.411. The van der Waals surface area contributed by atoms with Gasteiger partial charge < -0.3 is 14.1 Å². The van der Waals surface area contributed by atoms with E-state index in [1.54, 1.807) is 0 Å². The first-order valence-electron chi connectivity index (χ1n) is 15.6. The van der Waals surface area contributed by atoms with Crippen LogP contribution in [0.25, 0.3) is 0 Å². The van der Waals surface area contributed by atoms with E-state index in [1.165, 1.54) is 21.7 Å². The maximum atomic E-state index is 14.0. The zero-order valence-corrected chi connectivity index (χ0v) is 28.6. The predicted molar refractivity (Wildman–Crippen MR) is 181 cm³/mol. The van der Waals surface area contributed by atoms with E-state index < -0.39 is 19.3 Å². The van der Waals surface area contributed by atoms with Gasteiger partial charge in [0.1, 0.15) is 5.60 Å². The van der Waals surface area contributed by atoms with Crippen LogP contribution >= 0.6 is 11.3 Å². The molecule has 0 unspecified atom stereocenters. The Labute approximate surface area is 266 Å². The molecule has 0 atom stereocenters. The molecular formula is C36H45N3O3SSi. The van der Waals surface area contributed by atoms with E-state index in [-0.39, 0.29) is 17.1 Å². The Morgan fingerprint density at radius 1 is 0.932 bits per heavy atom. The number of benzene rings is 2. The third kappa shape index (κ3) is 7.14. The van der Waals surface area contributed by atoms with Gasteiger partial charge in [-0.2, -0.15) is 0 Å². The summed E-state index contributed by atoms with van der Waals surface area (Å²) in [6, 6.07) is 27.4. The minimum absolute atomic E-state index is 0.0283. The van der Waals surface area contributed by atoms with E-state index in [0.29, 0.717) is 25.1 Å². The molecule has 0 radical (unpaired) electrons. The Kier molecular flexibility index (Phi) is 9.44. The molecule has 232 valence electrons. The molecule has 1 N–H and O–H groups in total. The van der Waals surface area contributed by atoms with E-state index in [9.17, 15) is 4.79 Å². The Morgan fingerprint density at radius 2 is 1.55 bits per heavy atom. The molecule has 0 bridgehead atoms. The summed E-state index contributed by atoms with van der Waals surface area (Å²) in [6.45, 7) is 12.7. The van der Waals surface area contributed by atoms with Crippen LogP contribution in [0, 0.1) is 5.41 Å². The Morgan fingerprint density at radius 3 is 2.07 bits per heavy atom. The zero-order valence-electron chi connectivity index (χ0n) is 26.8. The van der Waals surface area contributed by atoms with Crippen LogP contribution in [0.3, 0.4) is 0 Å². The highest BCUT2D eigenvalue weighted by atomic mass is 32.1. The summed E-state index contributed by atoms with van der Waals surface area (Å²) in [6.07, 6.45) is 5.29. The summed E-state index contributed by atoms with van der Waals surface area (Å²) < 4.78 is 13.5. The van der Waals surface area contributed by atoms with Crippen LogP contribution in [0.4, 0.5) is 5.82 Å². The topological polar surface area (TPSA) is 76.6 Å². The second-order valence-electron chi connectivity index (χ2n) is 13.9. The van der Waals surface area contributed by atoms with Gasteiger partial charge >= 0.3 is 5.97 Å². The number of hydrogen-bond donors (Lipinski definition) is 1. The van der Waals surface area contributed by atoms with Gasteiger partial charge in [0.25, 0.3) is 8.32 Å². The molecule has 0 aliphatic heterocycles. The van der Waals surface area contributed by atoms with Crippen molar-refractivity contribution in [3.05, 3.63) is 101 Å². The number of hydrogen-bond acceptors (Lipinski definition) is 6. The first kappa shape index (κ1) is 32.1. The summed E-state index contributed by atoms with van der Waals surface area (Å²) in [5, 5.41) is 4.39. The van der Waals surface area contributed by atoms with Crippen LogP contribution in [0.5, 0.6) is 0 Å². The van der Waals surface area contributed by atoms with Crippen molar-refractivity contribution in [3.63, 3.8) is 0 Å². The van der Waals surface area contributed by atoms with E-state index in [1.807, 2.05) is 50.5 Å². The van der Waals surface area contributed by atoms with Crippen molar-refractivity contribution in [2.75, 3.05) is 0 Å². The monoisotopic (exact) mass is 627 g/mol. The largest absolute Gasteiger partial charge is 0.460 e. The Bertz CT molecular complexity index is 1540. The van der Waals surface area contributed by atoms with E-state index in [2.05, 4.69) is 91.4 Å². The minimum atomic E-state index is -2.70. The van der Waals surface area contributed by atoms with Crippen LogP contribution < -0.4 is 15.2 Å². The van der Waals surface area contributed by atoms with E-state index in [0.717, 1.165) is 23.3 Å². The van der Waals surface area contributed by atoms with Crippen molar-refractivity contribution in [2.45, 2.75) is 90.4 Å². The van der Waals surface area contributed by atoms with Gasteiger partial charge in [0, 0.05) is 29.8 Å². The predicted octanol–water partition coefficient (Wildman–Crippen LogP) is 7.09. The highest BCUT2D eigenvalue weighted by Crippen LogP contribution is 2.45. The van der Waals surface area contributed by atoms with Gasteiger partial charge in [-0.15, -0.1) is 11.3 Å². The first-order valence-corrected chi connectivity index (χ1v) is 18.3. The lowest BCUT2D eigenvalue weighted by Gasteiger charge is -2.47. The number of ether oxygens (including phenoxy) is 1. The summed E-state index contributed by atoms with van der Waals surface area (Å²) in [7, 11) is -2.70. The molecule has 1 saturated carbocycles. The number of aromatic nitrogens is 2. The molecule has 1 fully saturated rings. The van der Waals surface area contributed by atoms with Crippen molar-refractivity contribution in [3.8, 4) is 0 Å². The second-order valence-corrected chi connectivity index (χ2v) is 19.1. The average Bonchev–Trinajstić information content (AvgIpc) is 3.49. The SMILES string of the molecule is CC(C)(C)OC(=O)[C@]1(Cc2cccc(/N=c3/[nH]ccs3)n2)CC[C@H](O[Si](c2ccccc2)(c2ccccc2)C(C)(C)C)CC1. The lowest BCUT2D eigenvalue weighted by atomic mass is 9.70. The molecule has 4 aromatic rings.